The number of benzene rings is 2. The van der Waals surface area contributed by atoms with Crippen LogP contribution in [0.4, 0.5) is 0 Å². The van der Waals surface area contributed by atoms with Crippen molar-refractivity contribution < 1.29 is 0 Å². The minimum atomic E-state index is 0.976. The normalized spacial score (nSPS) is 14.1. The van der Waals surface area contributed by atoms with Crippen molar-refractivity contribution in [2.24, 2.45) is 0 Å². The Morgan fingerprint density at radius 1 is 0.821 bits per heavy atom. The first-order valence-corrected chi connectivity index (χ1v) is 10.6. The van der Waals surface area contributed by atoms with Gasteiger partial charge in [-0.2, -0.15) is 0 Å². The fourth-order valence-corrected chi connectivity index (χ4v) is 4.40. The third-order valence-corrected chi connectivity index (χ3v) is 6.05. The smallest absolute Gasteiger partial charge is 0.0710 e. The number of hydrogen-bond donors (Lipinski definition) is 0. The van der Waals surface area contributed by atoms with Gasteiger partial charge in [0, 0.05) is 30.9 Å². The van der Waals surface area contributed by atoms with Crippen LogP contribution in [0.5, 0.6) is 0 Å². The van der Waals surface area contributed by atoms with E-state index in [1.165, 1.54) is 33.4 Å². The van der Waals surface area contributed by atoms with Crippen LogP contribution in [-0.2, 0) is 32.4 Å². The molecule has 0 atom stereocenters. The third-order valence-electron chi connectivity index (χ3n) is 6.05. The first-order valence-electron chi connectivity index (χ1n) is 10.6. The molecule has 0 fully saturated rings. The van der Waals surface area contributed by atoms with Crippen LogP contribution in [0.2, 0.25) is 0 Å². The van der Waals surface area contributed by atoms with Gasteiger partial charge in [-0.1, -0.05) is 62.4 Å². The van der Waals surface area contributed by atoms with Crippen LogP contribution in [-0.4, -0.2) is 16.4 Å². The minimum Gasteiger partial charge on any atom is -0.294 e. The molecule has 1 aromatic heterocycles. The van der Waals surface area contributed by atoms with Crippen molar-refractivity contribution >= 4 is 0 Å². The van der Waals surface area contributed by atoms with E-state index in [9.17, 15) is 0 Å². The van der Waals surface area contributed by atoms with Crippen molar-refractivity contribution in [3.05, 3.63) is 88.1 Å². The van der Waals surface area contributed by atoms with Gasteiger partial charge in [0.15, 0.2) is 0 Å². The maximum Gasteiger partial charge on any atom is 0.0710 e. The first kappa shape index (κ1) is 18.9. The number of pyridine rings is 1. The van der Waals surface area contributed by atoms with Gasteiger partial charge in [0.05, 0.1) is 5.69 Å². The zero-order valence-corrected chi connectivity index (χ0v) is 17.3. The van der Waals surface area contributed by atoms with Crippen molar-refractivity contribution in [1.82, 2.24) is 9.88 Å². The van der Waals surface area contributed by atoms with E-state index in [-0.39, 0.29) is 0 Å². The molecule has 144 valence electrons. The molecule has 0 amide bonds. The van der Waals surface area contributed by atoms with Crippen molar-refractivity contribution in [2.45, 2.75) is 53.1 Å². The lowest BCUT2D eigenvalue weighted by molar-refractivity contribution is 0.245. The molecule has 28 heavy (non-hydrogen) atoms. The highest BCUT2D eigenvalue weighted by Gasteiger charge is 2.17. The summed E-state index contributed by atoms with van der Waals surface area (Å²) in [5.41, 5.74) is 10.7. The molecule has 1 aliphatic rings. The molecule has 2 heterocycles. The second-order valence-electron chi connectivity index (χ2n) is 7.83. The highest BCUT2D eigenvalue weighted by molar-refractivity contribution is 5.68. The van der Waals surface area contributed by atoms with E-state index < -0.39 is 0 Å². The molecule has 0 saturated heterocycles. The van der Waals surface area contributed by atoms with E-state index in [1.54, 1.807) is 0 Å². The van der Waals surface area contributed by atoms with Crippen molar-refractivity contribution in [1.29, 1.82) is 0 Å². The van der Waals surface area contributed by atoms with Gasteiger partial charge in [-0.15, -0.1) is 0 Å². The monoisotopic (exact) mass is 370 g/mol. The van der Waals surface area contributed by atoms with Crippen LogP contribution in [0, 0.1) is 6.92 Å². The number of fused-ring (bicyclic) bond motifs is 1. The zero-order chi connectivity index (χ0) is 19.5. The van der Waals surface area contributed by atoms with Crippen LogP contribution >= 0.6 is 0 Å². The maximum atomic E-state index is 5.04. The number of aromatic nitrogens is 1. The lowest BCUT2D eigenvalue weighted by atomic mass is 9.94. The molecule has 0 spiro atoms. The van der Waals surface area contributed by atoms with Crippen molar-refractivity contribution in [3.63, 3.8) is 0 Å². The average molecular weight is 371 g/mol. The summed E-state index contributed by atoms with van der Waals surface area (Å²) < 4.78 is 0. The van der Waals surface area contributed by atoms with Gasteiger partial charge >= 0.3 is 0 Å². The number of nitrogens with zero attached hydrogens (tertiary/aromatic N) is 2. The molecule has 0 radical (unpaired) electrons. The van der Waals surface area contributed by atoms with Gasteiger partial charge in [-0.05, 0) is 60.1 Å². The summed E-state index contributed by atoms with van der Waals surface area (Å²) in [5, 5.41) is 0. The van der Waals surface area contributed by atoms with E-state index in [1.807, 2.05) is 0 Å². The molecule has 2 aromatic carbocycles. The van der Waals surface area contributed by atoms with Crippen molar-refractivity contribution in [2.75, 3.05) is 6.54 Å². The number of hydrogen-bond acceptors (Lipinski definition) is 2. The Morgan fingerprint density at radius 3 is 2.21 bits per heavy atom. The summed E-state index contributed by atoms with van der Waals surface area (Å²) >= 11 is 0. The van der Waals surface area contributed by atoms with E-state index in [0.717, 1.165) is 50.3 Å². The second-order valence-corrected chi connectivity index (χ2v) is 7.83. The standard InChI is InChI=1S/C26H30N2/c1-4-20-11-8-12-21(5-2)26(20)25-14-13-23(19(3)27-25)17-28-16-15-22-9-6-7-10-24(22)18-28/h6-14H,4-5,15-18H2,1-3H3. The fraction of sp³-hybridized carbons (Fsp3) is 0.346. The van der Waals surface area contributed by atoms with Crippen LogP contribution < -0.4 is 0 Å². The summed E-state index contributed by atoms with van der Waals surface area (Å²) in [7, 11) is 0. The summed E-state index contributed by atoms with van der Waals surface area (Å²) in [5.74, 6) is 0. The summed E-state index contributed by atoms with van der Waals surface area (Å²) in [6, 6.07) is 20.0. The Hall–Kier alpha value is -2.45. The van der Waals surface area contributed by atoms with Gasteiger partial charge in [-0.25, -0.2) is 0 Å². The lowest BCUT2D eigenvalue weighted by Crippen LogP contribution is -2.30. The number of rotatable bonds is 5. The Labute approximate surface area is 169 Å². The number of aryl methyl sites for hydroxylation is 3. The molecule has 0 N–H and O–H groups in total. The Balaban J connectivity index is 1.58. The Morgan fingerprint density at radius 2 is 1.54 bits per heavy atom. The SMILES string of the molecule is CCc1cccc(CC)c1-c1ccc(CN2CCc3ccccc3C2)c(C)n1. The maximum absolute atomic E-state index is 5.04. The van der Waals surface area contributed by atoms with Crippen LogP contribution in [0.15, 0.2) is 54.6 Å². The van der Waals surface area contributed by atoms with Crippen molar-refractivity contribution in [3.8, 4) is 11.3 Å². The predicted molar refractivity (Wildman–Crippen MR) is 117 cm³/mol. The molecule has 0 unspecified atom stereocenters. The second kappa shape index (κ2) is 8.28. The molecule has 0 saturated carbocycles. The van der Waals surface area contributed by atoms with Gasteiger partial charge in [0.1, 0.15) is 0 Å². The molecular weight excluding hydrogens is 340 g/mol. The average Bonchev–Trinajstić information content (AvgIpc) is 2.74. The Kier molecular flexibility index (Phi) is 5.59. The molecule has 2 heteroatoms. The summed E-state index contributed by atoms with van der Waals surface area (Å²) in [4.78, 5) is 7.59. The highest BCUT2D eigenvalue weighted by Crippen LogP contribution is 2.29. The van der Waals surface area contributed by atoms with Gasteiger partial charge < -0.3 is 0 Å². The van der Waals surface area contributed by atoms with E-state index in [2.05, 4.69) is 80.3 Å². The fourth-order valence-electron chi connectivity index (χ4n) is 4.40. The lowest BCUT2D eigenvalue weighted by Gasteiger charge is -2.29. The highest BCUT2D eigenvalue weighted by atomic mass is 15.1. The summed E-state index contributed by atoms with van der Waals surface area (Å²) in [6.45, 7) is 9.76. The predicted octanol–water partition coefficient (Wildman–Crippen LogP) is 5.74. The van der Waals surface area contributed by atoms with E-state index in [4.69, 9.17) is 4.98 Å². The minimum absolute atomic E-state index is 0.976. The third kappa shape index (κ3) is 3.74. The first-order chi connectivity index (χ1) is 13.7. The molecule has 0 aliphatic carbocycles. The van der Waals surface area contributed by atoms with Crippen LogP contribution in [0.25, 0.3) is 11.3 Å². The quantitative estimate of drug-likeness (QED) is 0.569. The van der Waals surface area contributed by atoms with E-state index >= 15 is 0 Å². The van der Waals surface area contributed by atoms with Gasteiger partial charge in [0.25, 0.3) is 0 Å². The zero-order valence-electron chi connectivity index (χ0n) is 17.3. The molecule has 1 aliphatic heterocycles. The van der Waals surface area contributed by atoms with Gasteiger partial charge in [-0.3, -0.25) is 9.88 Å². The molecular formula is C26H30N2. The molecule has 4 rings (SSSR count). The molecule has 2 nitrogen and oxygen atoms in total. The largest absolute Gasteiger partial charge is 0.294 e. The van der Waals surface area contributed by atoms with Crippen LogP contribution in [0.1, 0.15) is 47.4 Å². The van der Waals surface area contributed by atoms with Crippen LogP contribution in [0.3, 0.4) is 0 Å². The van der Waals surface area contributed by atoms with Gasteiger partial charge in [0.2, 0.25) is 0 Å². The summed E-state index contributed by atoms with van der Waals surface area (Å²) in [6.07, 6.45) is 3.22. The molecule has 3 aromatic rings. The molecule has 0 bridgehead atoms. The topological polar surface area (TPSA) is 16.1 Å². The Bertz CT molecular complexity index is 952. The van der Waals surface area contributed by atoms with E-state index in [0.29, 0.717) is 0 Å².